The van der Waals surface area contributed by atoms with Crippen LogP contribution >= 0.6 is 0 Å². The zero-order chi connectivity index (χ0) is 16.5. The van der Waals surface area contributed by atoms with Gasteiger partial charge in [0.25, 0.3) is 5.91 Å². The fraction of sp³-hybridized carbons (Fsp3) is 0. The minimum absolute atomic E-state index is 0.281. The van der Waals surface area contributed by atoms with Gasteiger partial charge in [0.2, 0.25) is 0 Å². The highest BCUT2D eigenvalue weighted by atomic mass is 19.1. The highest BCUT2D eigenvalue weighted by Crippen LogP contribution is 2.25. The van der Waals surface area contributed by atoms with Crippen LogP contribution in [-0.2, 0) is 0 Å². The van der Waals surface area contributed by atoms with Crippen molar-refractivity contribution in [2.24, 2.45) is 0 Å². The molecule has 7 heteroatoms. The molecule has 0 saturated heterocycles. The molecule has 0 fully saturated rings. The molecule has 3 aromatic heterocycles. The number of rotatable bonds is 3. The zero-order valence-electron chi connectivity index (χ0n) is 12.4. The molecule has 0 aliphatic carbocycles. The predicted molar refractivity (Wildman–Crippen MR) is 88.0 cm³/mol. The van der Waals surface area contributed by atoms with E-state index in [1.807, 2.05) is 12.1 Å². The Balaban J connectivity index is 1.63. The van der Waals surface area contributed by atoms with E-state index >= 15 is 0 Å². The number of hydrogen-bond donors (Lipinski definition) is 3. The van der Waals surface area contributed by atoms with E-state index < -0.39 is 0 Å². The van der Waals surface area contributed by atoms with Crippen LogP contribution in [0.1, 0.15) is 10.5 Å². The Labute approximate surface area is 135 Å². The summed E-state index contributed by atoms with van der Waals surface area (Å²) in [5.74, 6) is -0.570. The quantitative estimate of drug-likeness (QED) is 0.541. The molecule has 0 atom stereocenters. The van der Waals surface area contributed by atoms with Crippen molar-refractivity contribution < 1.29 is 9.18 Å². The molecule has 3 heterocycles. The molecule has 0 unspecified atom stereocenters. The van der Waals surface area contributed by atoms with Crippen molar-refractivity contribution in [2.45, 2.75) is 0 Å². The molecule has 0 aliphatic heterocycles. The lowest BCUT2D eigenvalue weighted by Crippen LogP contribution is -2.12. The highest BCUT2D eigenvalue weighted by Gasteiger charge is 2.09. The zero-order valence-corrected chi connectivity index (χ0v) is 12.4. The third-order valence-corrected chi connectivity index (χ3v) is 3.63. The van der Waals surface area contributed by atoms with Crippen LogP contribution in [0, 0.1) is 5.82 Å². The van der Waals surface area contributed by atoms with Gasteiger partial charge >= 0.3 is 0 Å². The number of fused-ring (bicyclic) bond motifs is 1. The Morgan fingerprint density at radius 3 is 2.71 bits per heavy atom. The van der Waals surface area contributed by atoms with E-state index in [9.17, 15) is 9.18 Å². The molecular formula is C17H12FN5O. The fourth-order valence-electron chi connectivity index (χ4n) is 2.45. The van der Waals surface area contributed by atoms with Crippen LogP contribution in [-0.4, -0.2) is 26.1 Å². The van der Waals surface area contributed by atoms with Crippen molar-refractivity contribution >= 4 is 22.6 Å². The molecule has 1 amide bonds. The number of halogens is 1. The minimum Gasteiger partial charge on any atom is -0.339 e. The SMILES string of the molecule is O=C(Nc1cnc2[nH]c(-c3ccc(F)cc3)cc2c1)c1ccn[nH]1. The predicted octanol–water partition coefficient (Wildman–Crippen LogP) is 3.34. The van der Waals surface area contributed by atoms with Gasteiger partial charge in [0.05, 0.1) is 11.9 Å². The number of nitrogens with one attached hydrogen (secondary N) is 3. The third-order valence-electron chi connectivity index (χ3n) is 3.63. The van der Waals surface area contributed by atoms with Crippen molar-refractivity contribution in [2.75, 3.05) is 5.32 Å². The topological polar surface area (TPSA) is 86.5 Å². The number of aromatic nitrogens is 4. The molecule has 24 heavy (non-hydrogen) atoms. The first-order valence-electron chi connectivity index (χ1n) is 7.24. The fourth-order valence-corrected chi connectivity index (χ4v) is 2.45. The summed E-state index contributed by atoms with van der Waals surface area (Å²) in [5.41, 5.74) is 3.32. The average molecular weight is 321 g/mol. The minimum atomic E-state index is -0.289. The van der Waals surface area contributed by atoms with E-state index in [4.69, 9.17) is 0 Å². The largest absolute Gasteiger partial charge is 0.339 e. The number of amides is 1. The number of carbonyl (C=O) groups is 1. The third kappa shape index (κ3) is 2.63. The van der Waals surface area contributed by atoms with Crippen LogP contribution in [0.25, 0.3) is 22.3 Å². The van der Waals surface area contributed by atoms with Crippen LogP contribution < -0.4 is 5.32 Å². The number of nitrogens with zero attached hydrogens (tertiary/aromatic N) is 2. The van der Waals surface area contributed by atoms with Gasteiger partial charge in [0.1, 0.15) is 17.2 Å². The van der Waals surface area contributed by atoms with Crippen molar-refractivity contribution in [3.8, 4) is 11.3 Å². The maximum Gasteiger partial charge on any atom is 0.273 e. The molecule has 118 valence electrons. The van der Waals surface area contributed by atoms with Crippen molar-refractivity contribution in [3.63, 3.8) is 0 Å². The Morgan fingerprint density at radius 2 is 1.96 bits per heavy atom. The van der Waals surface area contributed by atoms with E-state index in [0.717, 1.165) is 16.6 Å². The summed E-state index contributed by atoms with van der Waals surface area (Å²) in [5, 5.41) is 9.95. The van der Waals surface area contributed by atoms with Gasteiger partial charge in [-0.2, -0.15) is 5.10 Å². The molecule has 4 aromatic rings. The van der Waals surface area contributed by atoms with Gasteiger partial charge in [-0.25, -0.2) is 9.37 Å². The molecule has 0 spiro atoms. The van der Waals surface area contributed by atoms with E-state index in [1.54, 1.807) is 24.4 Å². The van der Waals surface area contributed by atoms with Crippen LogP contribution in [0.15, 0.2) is 54.9 Å². The number of aromatic amines is 2. The van der Waals surface area contributed by atoms with Crippen LogP contribution in [0.3, 0.4) is 0 Å². The average Bonchev–Trinajstić information content (AvgIpc) is 3.24. The van der Waals surface area contributed by atoms with Gasteiger partial charge in [-0.1, -0.05) is 0 Å². The van der Waals surface area contributed by atoms with Gasteiger partial charge in [-0.15, -0.1) is 0 Å². The maximum atomic E-state index is 13.0. The van der Waals surface area contributed by atoms with Crippen LogP contribution in [0.5, 0.6) is 0 Å². The molecule has 3 N–H and O–H groups in total. The molecule has 6 nitrogen and oxygen atoms in total. The van der Waals surface area contributed by atoms with E-state index in [0.29, 0.717) is 17.0 Å². The van der Waals surface area contributed by atoms with Crippen LogP contribution in [0.2, 0.25) is 0 Å². The number of pyridine rings is 1. The summed E-state index contributed by atoms with van der Waals surface area (Å²) in [4.78, 5) is 19.5. The first kappa shape index (κ1) is 14.1. The summed E-state index contributed by atoms with van der Waals surface area (Å²) in [6.07, 6.45) is 3.08. The van der Waals surface area contributed by atoms with Gasteiger partial charge in [-0.05, 0) is 48.0 Å². The summed E-state index contributed by atoms with van der Waals surface area (Å²) >= 11 is 0. The second-order valence-electron chi connectivity index (χ2n) is 5.28. The molecule has 4 rings (SSSR count). The van der Waals surface area contributed by atoms with Crippen molar-refractivity contribution in [1.29, 1.82) is 0 Å². The number of benzene rings is 1. The number of anilines is 1. The van der Waals surface area contributed by atoms with Gasteiger partial charge < -0.3 is 10.3 Å². The first-order valence-corrected chi connectivity index (χ1v) is 7.24. The first-order chi connectivity index (χ1) is 11.7. The molecule has 0 aliphatic rings. The summed E-state index contributed by atoms with van der Waals surface area (Å²) in [7, 11) is 0. The standard InChI is InChI=1S/C17H12FN5O/c18-12-3-1-10(2-4-12)15-8-11-7-13(9-19-16(11)22-15)21-17(24)14-5-6-20-23-14/h1-9H,(H,19,22)(H,20,23)(H,21,24). The second-order valence-corrected chi connectivity index (χ2v) is 5.28. The Morgan fingerprint density at radius 1 is 1.12 bits per heavy atom. The van der Waals surface area contributed by atoms with Crippen molar-refractivity contribution in [3.05, 3.63) is 66.4 Å². The van der Waals surface area contributed by atoms with E-state index in [2.05, 4.69) is 25.5 Å². The normalized spacial score (nSPS) is 10.9. The Bertz CT molecular complexity index is 1010. The van der Waals surface area contributed by atoms with E-state index in [1.165, 1.54) is 18.3 Å². The number of H-pyrrole nitrogens is 2. The lowest BCUT2D eigenvalue weighted by Gasteiger charge is -2.02. The highest BCUT2D eigenvalue weighted by molar-refractivity contribution is 6.03. The maximum absolute atomic E-state index is 13.0. The van der Waals surface area contributed by atoms with Gasteiger partial charge in [-0.3, -0.25) is 9.89 Å². The summed E-state index contributed by atoms with van der Waals surface area (Å²) < 4.78 is 13.0. The van der Waals surface area contributed by atoms with E-state index in [-0.39, 0.29) is 11.7 Å². The summed E-state index contributed by atoms with van der Waals surface area (Å²) in [6.45, 7) is 0. The summed E-state index contributed by atoms with van der Waals surface area (Å²) in [6, 6.07) is 11.5. The molecule has 0 radical (unpaired) electrons. The molecular weight excluding hydrogens is 309 g/mol. The second kappa shape index (κ2) is 5.62. The lowest BCUT2D eigenvalue weighted by molar-refractivity contribution is 0.102. The molecule has 0 saturated carbocycles. The monoisotopic (exact) mass is 321 g/mol. The van der Waals surface area contributed by atoms with Crippen molar-refractivity contribution in [1.82, 2.24) is 20.2 Å². The van der Waals surface area contributed by atoms with Crippen LogP contribution in [0.4, 0.5) is 10.1 Å². The number of hydrogen-bond acceptors (Lipinski definition) is 3. The Hall–Kier alpha value is -3.48. The number of carbonyl (C=O) groups excluding carboxylic acids is 1. The molecule has 1 aromatic carbocycles. The molecule has 0 bridgehead atoms. The van der Waals surface area contributed by atoms with Gasteiger partial charge in [0, 0.05) is 17.3 Å². The lowest BCUT2D eigenvalue weighted by atomic mass is 10.1. The Kier molecular flexibility index (Phi) is 3.31. The smallest absolute Gasteiger partial charge is 0.273 e. The van der Waals surface area contributed by atoms with Gasteiger partial charge in [0.15, 0.2) is 0 Å².